The van der Waals surface area contributed by atoms with Gasteiger partial charge in [-0.1, -0.05) is 44.1 Å². The van der Waals surface area contributed by atoms with Crippen LogP contribution in [0.5, 0.6) is 0 Å². The third kappa shape index (κ3) is 8.49. The third-order valence-electron chi connectivity index (χ3n) is 1.48. The normalized spacial score (nSPS) is 12.5. The predicted octanol–water partition coefficient (Wildman–Crippen LogP) is 3.36. The lowest BCUT2D eigenvalue weighted by molar-refractivity contribution is 0.439. The fourth-order valence-corrected chi connectivity index (χ4v) is 0.756. The van der Waals surface area contributed by atoms with Crippen LogP contribution in [0.25, 0.3) is 0 Å². The summed E-state index contributed by atoms with van der Waals surface area (Å²) in [6.45, 7) is 2.16. The smallest absolute Gasteiger partial charge is 0.166 e. The van der Waals surface area contributed by atoms with Crippen molar-refractivity contribution < 1.29 is 5.11 Å². The Hall–Kier alpha value is -1.42. The maximum Gasteiger partial charge on any atom is 0.166 e. The topological polar surface area (TPSA) is 20.2 Å². The summed E-state index contributed by atoms with van der Waals surface area (Å²) in [4.78, 5) is 0. The lowest BCUT2D eigenvalue weighted by Gasteiger charge is -1.85. The van der Waals surface area contributed by atoms with E-state index in [0.29, 0.717) is 0 Å². The van der Waals surface area contributed by atoms with Crippen molar-refractivity contribution in [1.29, 1.82) is 0 Å². The van der Waals surface area contributed by atoms with Gasteiger partial charge in [0.2, 0.25) is 0 Å². The standard InChI is InChI=1S/C12H16O/c1-3-5-6-7-8-9-10-11-12(13)4-2/h2,7-11,13H,3,5-6H2,1H3. The molecule has 70 valence electrons. The number of hydrogen-bond donors (Lipinski definition) is 1. The van der Waals surface area contributed by atoms with Gasteiger partial charge in [0, 0.05) is 0 Å². The van der Waals surface area contributed by atoms with Crippen LogP contribution in [0.15, 0.2) is 36.1 Å². The molecule has 0 bridgehead atoms. The van der Waals surface area contributed by atoms with E-state index in [1.807, 2.05) is 12.2 Å². The molecule has 0 amide bonds. The second-order valence-corrected chi connectivity index (χ2v) is 2.65. The Morgan fingerprint density at radius 1 is 1.38 bits per heavy atom. The molecule has 13 heavy (non-hydrogen) atoms. The van der Waals surface area contributed by atoms with Crippen molar-refractivity contribution in [3.05, 3.63) is 36.1 Å². The van der Waals surface area contributed by atoms with Gasteiger partial charge in [-0.05, 0) is 18.4 Å². The summed E-state index contributed by atoms with van der Waals surface area (Å²) in [6, 6.07) is 0. The van der Waals surface area contributed by atoms with Gasteiger partial charge in [-0.15, -0.1) is 6.42 Å². The lowest BCUT2D eigenvalue weighted by Crippen LogP contribution is -1.69. The second kappa shape index (κ2) is 8.67. The molecule has 1 nitrogen and oxygen atoms in total. The molecule has 1 N–H and O–H groups in total. The molecule has 0 heterocycles. The van der Waals surface area contributed by atoms with Crippen molar-refractivity contribution in [2.45, 2.75) is 26.2 Å². The molecule has 0 atom stereocenters. The van der Waals surface area contributed by atoms with Gasteiger partial charge in [-0.2, -0.15) is 0 Å². The third-order valence-corrected chi connectivity index (χ3v) is 1.48. The molecule has 0 fully saturated rings. The molecule has 0 aromatic heterocycles. The largest absolute Gasteiger partial charge is 0.501 e. The highest BCUT2D eigenvalue weighted by Crippen LogP contribution is 1.95. The Balaban J connectivity index is 3.64. The van der Waals surface area contributed by atoms with Gasteiger partial charge in [-0.3, -0.25) is 0 Å². The number of allylic oxidation sites excluding steroid dienone is 6. The van der Waals surface area contributed by atoms with Crippen molar-refractivity contribution in [2.75, 3.05) is 0 Å². The van der Waals surface area contributed by atoms with Crippen LogP contribution in [-0.4, -0.2) is 5.11 Å². The molecule has 0 aliphatic rings. The highest BCUT2D eigenvalue weighted by molar-refractivity contribution is 5.23. The SMILES string of the molecule is C#CC(O)=CC=CC=CCCCC. The van der Waals surface area contributed by atoms with E-state index in [1.165, 1.54) is 18.9 Å². The molecule has 0 unspecified atom stereocenters. The van der Waals surface area contributed by atoms with E-state index < -0.39 is 0 Å². The minimum absolute atomic E-state index is 0.0433. The van der Waals surface area contributed by atoms with Crippen molar-refractivity contribution in [1.82, 2.24) is 0 Å². The first-order valence-electron chi connectivity index (χ1n) is 4.50. The summed E-state index contributed by atoms with van der Waals surface area (Å²) in [5.74, 6) is 2.07. The van der Waals surface area contributed by atoms with Crippen LogP contribution in [0.3, 0.4) is 0 Å². The molecular formula is C12H16O. The summed E-state index contributed by atoms with van der Waals surface area (Å²) in [7, 11) is 0. The molecule has 0 rings (SSSR count). The van der Waals surface area contributed by atoms with Gasteiger partial charge < -0.3 is 5.11 Å². The van der Waals surface area contributed by atoms with E-state index in [0.717, 1.165) is 6.42 Å². The zero-order valence-corrected chi connectivity index (χ0v) is 8.03. The van der Waals surface area contributed by atoms with Gasteiger partial charge in [0.1, 0.15) is 0 Å². The zero-order chi connectivity index (χ0) is 9.94. The monoisotopic (exact) mass is 176 g/mol. The fraction of sp³-hybridized carbons (Fsp3) is 0.333. The molecule has 0 radical (unpaired) electrons. The van der Waals surface area contributed by atoms with Crippen molar-refractivity contribution >= 4 is 0 Å². The highest BCUT2D eigenvalue weighted by atomic mass is 16.3. The van der Waals surface area contributed by atoms with Crippen LogP contribution in [0.4, 0.5) is 0 Å². The van der Waals surface area contributed by atoms with Gasteiger partial charge in [0.25, 0.3) is 0 Å². The molecular weight excluding hydrogens is 160 g/mol. The Morgan fingerprint density at radius 2 is 2.15 bits per heavy atom. The summed E-state index contributed by atoms with van der Waals surface area (Å²) in [5.41, 5.74) is 0. The summed E-state index contributed by atoms with van der Waals surface area (Å²) in [6.07, 6.45) is 17.6. The molecule has 0 spiro atoms. The van der Waals surface area contributed by atoms with Crippen LogP contribution in [0.1, 0.15) is 26.2 Å². The lowest BCUT2D eigenvalue weighted by atomic mass is 10.2. The average Bonchev–Trinajstić information content (AvgIpc) is 2.16. The second-order valence-electron chi connectivity index (χ2n) is 2.65. The first-order chi connectivity index (χ1) is 6.31. The zero-order valence-electron chi connectivity index (χ0n) is 8.03. The number of aliphatic hydroxyl groups excluding tert-OH is 1. The van der Waals surface area contributed by atoms with Crippen LogP contribution >= 0.6 is 0 Å². The van der Waals surface area contributed by atoms with Crippen LogP contribution in [-0.2, 0) is 0 Å². The summed E-state index contributed by atoms with van der Waals surface area (Å²) >= 11 is 0. The number of terminal acetylenes is 1. The molecule has 1 heteroatoms. The van der Waals surface area contributed by atoms with Crippen LogP contribution in [0, 0.1) is 12.3 Å². The Morgan fingerprint density at radius 3 is 2.77 bits per heavy atom. The van der Waals surface area contributed by atoms with Gasteiger partial charge >= 0.3 is 0 Å². The number of rotatable bonds is 5. The highest BCUT2D eigenvalue weighted by Gasteiger charge is 1.77. The van der Waals surface area contributed by atoms with Crippen molar-refractivity contribution in [3.63, 3.8) is 0 Å². The van der Waals surface area contributed by atoms with Crippen molar-refractivity contribution in [3.8, 4) is 12.3 Å². The first kappa shape index (κ1) is 11.6. The number of unbranched alkanes of at least 4 members (excludes halogenated alkanes) is 2. The summed E-state index contributed by atoms with van der Waals surface area (Å²) in [5, 5.41) is 8.85. The van der Waals surface area contributed by atoms with Crippen molar-refractivity contribution in [2.24, 2.45) is 0 Å². The van der Waals surface area contributed by atoms with E-state index in [1.54, 1.807) is 6.08 Å². The molecule has 0 aromatic rings. The quantitative estimate of drug-likeness (QED) is 0.295. The van der Waals surface area contributed by atoms with E-state index in [4.69, 9.17) is 11.5 Å². The van der Waals surface area contributed by atoms with E-state index in [2.05, 4.69) is 18.9 Å². The van der Waals surface area contributed by atoms with Gasteiger partial charge in [0.05, 0.1) is 0 Å². The molecule has 0 aliphatic carbocycles. The Bertz CT molecular complexity index is 238. The molecule has 0 aromatic carbocycles. The Labute approximate surface area is 80.5 Å². The molecule has 0 saturated carbocycles. The van der Waals surface area contributed by atoms with Crippen LogP contribution < -0.4 is 0 Å². The van der Waals surface area contributed by atoms with Gasteiger partial charge in [-0.25, -0.2) is 0 Å². The van der Waals surface area contributed by atoms with E-state index in [-0.39, 0.29) is 5.76 Å². The van der Waals surface area contributed by atoms with Crippen LogP contribution in [0.2, 0.25) is 0 Å². The van der Waals surface area contributed by atoms with E-state index in [9.17, 15) is 0 Å². The summed E-state index contributed by atoms with van der Waals surface area (Å²) < 4.78 is 0. The first-order valence-corrected chi connectivity index (χ1v) is 4.50. The molecule has 0 saturated heterocycles. The fourth-order valence-electron chi connectivity index (χ4n) is 0.756. The minimum Gasteiger partial charge on any atom is -0.501 e. The maximum atomic E-state index is 8.85. The number of hydrogen-bond acceptors (Lipinski definition) is 1. The van der Waals surface area contributed by atoms with Gasteiger partial charge in [0.15, 0.2) is 5.76 Å². The average molecular weight is 176 g/mol. The predicted molar refractivity (Wildman–Crippen MR) is 57.3 cm³/mol. The van der Waals surface area contributed by atoms with E-state index >= 15 is 0 Å². The molecule has 0 aliphatic heterocycles. The number of aliphatic hydroxyl groups is 1. The Kier molecular flexibility index (Phi) is 7.73. The maximum absolute atomic E-state index is 8.85. The minimum atomic E-state index is -0.0433.